The summed E-state index contributed by atoms with van der Waals surface area (Å²) in [7, 11) is -2.94. The van der Waals surface area contributed by atoms with Gasteiger partial charge in [0, 0.05) is 11.1 Å². The van der Waals surface area contributed by atoms with Crippen molar-refractivity contribution in [2.24, 2.45) is 0 Å². The van der Waals surface area contributed by atoms with Gasteiger partial charge in [-0.3, -0.25) is 4.79 Å². The van der Waals surface area contributed by atoms with Gasteiger partial charge < -0.3 is 0 Å². The molecule has 1 unspecified atom stereocenters. The summed E-state index contributed by atoms with van der Waals surface area (Å²) >= 11 is 0. The minimum absolute atomic E-state index is 0.123. The Morgan fingerprint density at radius 3 is 2.12 bits per heavy atom. The Morgan fingerprint density at radius 2 is 1.54 bits per heavy atom. The maximum atomic E-state index is 13.2. The molecule has 0 aromatic heterocycles. The predicted molar refractivity (Wildman–Crippen MR) is 101 cm³/mol. The lowest BCUT2D eigenvalue weighted by atomic mass is 10.2. The summed E-state index contributed by atoms with van der Waals surface area (Å²) in [6, 6.07) is 21.0. The molecule has 0 N–H and O–H groups in total. The summed E-state index contributed by atoms with van der Waals surface area (Å²) < 4.78 is 13.2. The minimum atomic E-state index is -2.94. The van der Waals surface area contributed by atoms with E-state index in [4.69, 9.17) is 10.5 Å². The number of allylic oxidation sites excluding steroid dienone is 1. The maximum Gasteiger partial charge on any atom is 0.212 e. The van der Waals surface area contributed by atoms with Crippen LogP contribution in [0.3, 0.4) is 0 Å². The molecule has 0 aliphatic heterocycles. The predicted octanol–water partition coefficient (Wildman–Crippen LogP) is 3.35. The van der Waals surface area contributed by atoms with E-state index in [0.717, 1.165) is 0 Å². The molecule has 126 valence electrons. The lowest BCUT2D eigenvalue weighted by molar-refractivity contribution is 0.102. The second-order valence-corrected chi connectivity index (χ2v) is 7.80. The Labute approximate surface area is 153 Å². The largest absolute Gasteiger partial charge is 0.289 e. The van der Waals surface area contributed by atoms with Crippen molar-refractivity contribution in [2.75, 3.05) is 11.5 Å². The van der Waals surface area contributed by atoms with Crippen molar-refractivity contribution < 1.29 is 9.00 Å². The van der Waals surface area contributed by atoms with Crippen LogP contribution >= 0.6 is 0 Å². The molecule has 1 atom stereocenters. The maximum absolute atomic E-state index is 13.2. The molecular weight excluding hydrogens is 344 g/mol. The van der Waals surface area contributed by atoms with Gasteiger partial charge in [-0.1, -0.05) is 52.7 Å². The quantitative estimate of drug-likeness (QED) is 0.355. The van der Waals surface area contributed by atoms with Gasteiger partial charge in [0.15, 0.2) is 20.9 Å². The van der Waals surface area contributed by atoms with Crippen molar-refractivity contribution in [1.82, 2.24) is 0 Å². The normalized spacial score (nSPS) is 11.6. The SMILES string of the molecule is N#CC(C#N)=CC[S+](=O)(C#Cc1ccccc1)CC(=O)c1ccccc1. The van der Waals surface area contributed by atoms with Crippen LogP contribution < -0.4 is 0 Å². The molecule has 0 radical (unpaired) electrons. The monoisotopic (exact) mass is 359 g/mol. The number of nitrogens with zero attached hydrogens (tertiary/aromatic N) is 2. The molecule has 0 spiro atoms. The topological polar surface area (TPSA) is 81.7 Å². The van der Waals surface area contributed by atoms with Crippen LogP contribution in [0.15, 0.2) is 72.3 Å². The average Bonchev–Trinajstić information content (AvgIpc) is 2.69. The second-order valence-electron chi connectivity index (χ2n) is 5.35. The first-order valence-electron chi connectivity index (χ1n) is 7.72. The van der Waals surface area contributed by atoms with E-state index >= 15 is 0 Å². The molecule has 2 aromatic rings. The highest BCUT2D eigenvalue weighted by atomic mass is 32.2. The second kappa shape index (κ2) is 9.14. The molecule has 0 heterocycles. The Hall–Kier alpha value is -3.46. The Balaban J connectivity index is 2.33. The van der Waals surface area contributed by atoms with Crippen molar-refractivity contribution in [2.45, 2.75) is 0 Å². The summed E-state index contributed by atoms with van der Waals surface area (Å²) in [5.74, 6) is 2.15. The van der Waals surface area contributed by atoms with Crippen LogP contribution in [0, 0.1) is 33.8 Å². The van der Waals surface area contributed by atoms with E-state index in [9.17, 15) is 9.00 Å². The highest BCUT2D eigenvalue weighted by molar-refractivity contribution is 8.08. The first-order chi connectivity index (χ1) is 12.6. The van der Waals surface area contributed by atoms with E-state index in [-0.39, 0.29) is 22.9 Å². The number of carbonyl (C=O) groups excluding carboxylic acids is 1. The first kappa shape index (κ1) is 18.9. The molecule has 5 heteroatoms. The Morgan fingerprint density at radius 1 is 0.962 bits per heavy atom. The summed E-state index contributed by atoms with van der Waals surface area (Å²) in [5, 5.41) is 20.4. The van der Waals surface area contributed by atoms with Crippen LogP contribution in [0.4, 0.5) is 0 Å². The van der Waals surface area contributed by atoms with Gasteiger partial charge in [-0.2, -0.15) is 10.5 Å². The summed E-state index contributed by atoms with van der Waals surface area (Å²) in [5.41, 5.74) is 0.982. The molecule has 4 nitrogen and oxygen atoms in total. The third-order valence-electron chi connectivity index (χ3n) is 3.41. The van der Waals surface area contributed by atoms with Gasteiger partial charge in [0.2, 0.25) is 5.78 Å². The lowest BCUT2D eigenvalue weighted by Crippen LogP contribution is -2.23. The van der Waals surface area contributed by atoms with Gasteiger partial charge in [-0.05, 0) is 24.1 Å². The minimum Gasteiger partial charge on any atom is -0.289 e. The van der Waals surface area contributed by atoms with Crippen LogP contribution in [-0.4, -0.2) is 17.3 Å². The standard InChI is InChI=1S/C21H15N2O2S/c22-15-19(16-23)12-14-26(25,13-11-18-7-3-1-4-8-18)17-21(24)20-9-5-2-6-10-20/h1-10,12H,14,17H2/q+1. The third-order valence-corrected chi connectivity index (χ3v) is 5.32. The van der Waals surface area contributed by atoms with Crippen LogP contribution in [-0.2, 0) is 14.1 Å². The van der Waals surface area contributed by atoms with E-state index in [1.807, 2.05) is 18.2 Å². The Kier molecular flexibility index (Phi) is 6.63. The number of carbonyl (C=O) groups is 1. The van der Waals surface area contributed by atoms with Crippen molar-refractivity contribution in [3.8, 4) is 23.3 Å². The number of Topliss-reactive ketones (excluding diaryl/α,β-unsaturated/α-hetero) is 1. The molecular formula is C21H15N2O2S+. The van der Waals surface area contributed by atoms with Crippen molar-refractivity contribution in [3.05, 3.63) is 83.4 Å². The molecule has 0 fully saturated rings. The average molecular weight is 359 g/mol. The zero-order valence-electron chi connectivity index (χ0n) is 13.9. The van der Waals surface area contributed by atoms with Crippen molar-refractivity contribution >= 4 is 15.7 Å². The van der Waals surface area contributed by atoms with Crippen LogP contribution in [0.2, 0.25) is 0 Å². The van der Waals surface area contributed by atoms with E-state index in [2.05, 4.69) is 11.2 Å². The smallest absolute Gasteiger partial charge is 0.212 e. The van der Waals surface area contributed by atoms with E-state index < -0.39 is 9.93 Å². The van der Waals surface area contributed by atoms with Gasteiger partial charge in [-0.15, -0.1) is 0 Å². The summed E-state index contributed by atoms with van der Waals surface area (Å²) in [6.45, 7) is 0. The van der Waals surface area contributed by atoms with Gasteiger partial charge in [0.1, 0.15) is 23.5 Å². The van der Waals surface area contributed by atoms with Crippen LogP contribution in [0.25, 0.3) is 0 Å². The van der Waals surface area contributed by atoms with Crippen molar-refractivity contribution in [1.29, 1.82) is 10.5 Å². The van der Waals surface area contributed by atoms with Crippen LogP contribution in [0.5, 0.6) is 0 Å². The molecule has 0 aliphatic rings. The molecule has 0 saturated heterocycles. The number of ketones is 1. The summed E-state index contributed by atoms with van der Waals surface area (Å²) in [6.07, 6.45) is 1.28. The van der Waals surface area contributed by atoms with Gasteiger partial charge in [0.05, 0.1) is 0 Å². The van der Waals surface area contributed by atoms with Crippen LogP contribution in [0.1, 0.15) is 15.9 Å². The van der Waals surface area contributed by atoms with Gasteiger partial charge in [-0.25, -0.2) is 0 Å². The van der Waals surface area contributed by atoms with Gasteiger partial charge in [0.25, 0.3) is 0 Å². The number of benzene rings is 2. The molecule has 0 saturated carbocycles. The summed E-state index contributed by atoms with van der Waals surface area (Å²) in [4.78, 5) is 12.5. The number of rotatable bonds is 5. The molecule has 26 heavy (non-hydrogen) atoms. The highest BCUT2D eigenvalue weighted by Gasteiger charge is 2.30. The molecule has 0 aliphatic carbocycles. The Bertz CT molecular complexity index is 985. The molecule has 0 bridgehead atoms. The zero-order valence-corrected chi connectivity index (χ0v) is 14.7. The third kappa shape index (κ3) is 5.56. The molecule has 2 aromatic carbocycles. The van der Waals surface area contributed by atoms with Crippen molar-refractivity contribution in [3.63, 3.8) is 0 Å². The zero-order chi connectivity index (χ0) is 18.8. The molecule has 0 amide bonds. The number of nitriles is 2. The lowest BCUT2D eigenvalue weighted by Gasteiger charge is -2.03. The fourth-order valence-electron chi connectivity index (χ4n) is 2.06. The number of hydrogen-bond acceptors (Lipinski definition) is 4. The van der Waals surface area contributed by atoms with E-state index in [1.165, 1.54) is 6.08 Å². The first-order valence-corrected chi connectivity index (χ1v) is 9.62. The van der Waals surface area contributed by atoms with E-state index in [1.54, 1.807) is 54.6 Å². The van der Waals surface area contributed by atoms with Gasteiger partial charge >= 0.3 is 0 Å². The highest BCUT2D eigenvalue weighted by Crippen LogP contribution is 2.12. The molecule has 2 rings (SSSR count). The van der Waals surface area contributed by atoms with E-state index in [0.29, 0.717) is 11.1 Å². The number of hydrogen-bond donors (Lipinski definition) is 0. The fraction of sp³-hybridized carbons (Fsp3) is 0.0952. The fourth-order valence-corrected chi connectivity index (χ4v) is 3.67.